The zero-order valence-corrected chi connectivity index (χ0v) is 19.6. The quantitative estimate of drug-likeness (QED) is 0.701. The van der Waals surface area contributed by atoms with E-state index in [2.05, 4.69) is 10.2 Å². The third kappa shape index (κ3) is 3.88. The van der Waals surface area contributed by atoms with Crippen molar-refractivity contribution in [2.24, 2.45) is 0 Å². The van der Waals surface area contributed by atoms with E-state index in [0.717, 1.165) is 24.6 Å². The fraction of sp³-hybridized carbons (Fsp3) is 0.480. The highest BCUT2D eigenvalue weighted by Crippen LogP contribution is 2.43. The second-order valence-electron chi connectivity index (χ2n) is 9.27. The molecule has 0 bridgehead atoms. The molecule has 9 nitrogen and oxygen atoms in total. The number of rotatable bonds is 6. The van der Waals surface area contributed by atoms with Crippen molar-refractivity contribution in [2.45, 2.75) is 38.4 Å². The van der Waals surface area contributed by atoms with Gasteiger partial charge in [0.2, 0.25) is 11.8 Å². The van der Waals surface area contributed by atoms with Crippen LogP contribution in [0.15, 0.2) is 40.8 Å². The predicted octanol–water partition coefficient (Wildman–Crippen LogP) is 2.08. The monoisotopic (exact) mass is 466 g/mol. The first-order valence-electron chi connectivity index (χ1n) is 11.8. The lowest BCUT2D eigenvalue weighted by Gasteiger charge is -2.48. The Labute approximate surface area is 198 Å². The van der Waals surface area contributed by atoms with Crippen molar-refractivity contribution in [1.29, 1.82) is 0 Å². The minimum Gasteiger partial charge on any atom is -0.465 e. The molecule has 0 saturated carbocycles. The van der Waals surface area contributed by atoms with E-state index in [-0.39, 0.29) is 30.3 Å². The first-order chi connectivity index (χ1) is 16.4. The van der Waals surface area contributed by atoms with Crippen LogP contribution in [0.4, 0.5) is 5.69 Å². The molecule has 180 valence electrons. The molecule has 3 aliphatic rings. The van der Waals surface area contributed by atoms with Crippen molar-refractivity contribution in [3.63, 3.8) is 0 Å². The van der Waals surface area contributed by atoms with Crippen molar-refractivity contribution in [3.8, 4) is 0 Å². The minimum absolute atomic E-state index is 0.0339. The molecule has 0 aliphatic carbocycles. The topological polar surface area (TPSA) is 95.3 Å². The molecule has 3 aliphatic heterocycles. The highest BCUT2D eigenvalue weighted by atomic mass is 16.5. The van der Waals surface area contributed by atoms with Gasteiger partial charge in [0.05, 0.1) is 30.5 Å². The summed E-state index contributed by atoms with van der Waals surface area (Å²) in [6.45, 7) is 6.74. The van der Waals surface area contributed by atoms with Gasteiger partial charge in [-0.1, -0.05) is 12.1 Å². The van der Waals surface area contributed by atoms with Crippen molar-refractivity contribution in [3.05, 3.63) is 53.5 Å². The summed E-state index contributed by atoms with van der Waals surface area (Å²) in [6.07, 6.45) is 0.828. The van der Waals surface area contributed by atoms with Crippen LogP contribution >= 0.6 is 0 Å². The van der Waals surface area contributed by atoms with Crippen LogP contribution in [0.1, 0.15) is 47.7 Å². The number of hydrogen-bond donors (Lipinski definition) is 1. The van der Waals surface area contributed by atoms with Crippen LogP contribution in [-0.4, -0.2) is 72.6 Å². The van der Waals surface area contributed by atoms with E-state index < -0.39 is 5.66 Å². The number of furan rings is 1. The Bertz CT molecular complexity index is 1110. The number of carbonyl (C=O) groups is 3. The van der Waals surface area contributed by atoms with E-state index in [0.29, 0.717) is 43.9 Å². The highest BCUT2D eigenvalue weighted by molar-refractivity contribution is 6.11. The molecule has 4 heterocycles. The Morgan fingerprint density at radius 3 is 2.65 bits per heavy atom. The summed E-state index contributed by atoms with van der Waals surface area (Å²) in [5, 5.41) is 3.01. The fourth-order valence-corrected chi connectivity index (χ4v) is 5.28. The van der Waals surface area contributed by atoms with Crippen LogP contribution in [0, 0.1) is 6.92 Å². The number of morpholine rings is 1. The van der Waals surface area contributed by atoms with E-state index in [4.69, 9.17) is 9.15 Å². The van der Waals surface area contributed by atoms with E-state index in [1.807, 2.05) is 32.0 Å². The zero-order valence-electron chi connectivity index (χ0n) is 19.6. The van der Waals surface area contributed by atoms with Crippen molar-refractivity contribution in [2.75, 3.05) is 44.3 Å². The van der Waals surface area contributed by atoms with Gasteiger partial charge in [0.25, 0.3) is 5.91 Å². The van der Waals surface area contributed by atoms with E-state index in [9.17, 15) is 14.4 Å². The van der Waals surface area contributed by atoms with Gasteiger partial charge in [-0.3, -0.25) is 24.2 Å². The molecule has 34 heavy (non-hydrogen) atoms. The first kappa shape index (κ1) is 22.6. The van der Waals surface area contributed by atoms with E-state index in [1.54, 1.807) is 23.1 Å². The summed E-state index contributed by atoms with van der Waals surface area (Å²) in [6, 6.07) is 10.8. The van der Waals surface area contributed by atoms with Gasteiger partial charge in [0.1, 0.15) is 23.7 Å². The summed E-state index contributed by atoms with van der Waals surface area (Å²) >= 11 is 0. The van der Waals surface area contributed by atoms with Gasteiger partial charge in [-0.15, -0.1) is 0 Å². The summed E-state index contributed by atoms with van der Waals surface area (Å²) < 4.78 is 11.4. The third-order valence-electron chi connectivity index (χ3n) is 7.12. The van der Waals surface area contributed by atoms with Gasteiger partial charge in [-0.25, -0.2) is 0 Å². The SMILES string of the molecule is Cc1ccc(C(CNC(=O)CN2C(=O)c3ccccc3N3C(=O)CCC23C)N2CCOCC2)o1. The van der Waals surface area contributed by atoms with Gasteiger partial charge in [0.15, 0.2) is 0 Å². The van der Waals surface area contributed by atoms with Crippen LogP contribution in [-0.2, 0) is 14.3 Å². The smallest absolute Gasteiger partial charge is 0.258 e. The number of ether oxygens (including phenoxy) is 1. The molecular weight excluding hydrogens is 436 g/mol. The van der Waals surface area contributed by atoms with Crippen LogP contribution in [0.2, 0.25) is 0 Å². The number of aryl methyl sites for hydroxylation is 1. The predicted molar refractivity (Wildman–Crippen MR) is 124 cm³/mol. The lowest BCUT2D eigenvalue weighted by molar-refractivity contribution is -0.124. The van der Waals surface area contributed by atoms with Crippen molar-refractivity contribution in [1.82, 2.24) is 15.1 Å². The number of amides is 3. The number of nitrogens with zero attached hydrogens (tertiary/aromatic N) is 3. The number of hydrogen-bond acceptors (Lipinski definition) is 6. The lowest BCUT2D eigenvalue weighted by Crippen LogP contribution is -2.64. The molecule has 9 heteroatoms. The lowest BCUT2D eigenvalue weighted by atomic mass is 9.98. The van der Waals surface area contributed by atoms with Gasteiger partial charge in [-0.2, -0.15) is 0 Å². The minimum atomic E-state index is -0.860. The molecule has 3 amide bonds. The molecule has 1 N–H and O–H groups in total. The van der Waals surface area contributed by atoms with Crippen LogP contribution in [0.3, 0.4) is 0 Å². The fourth-order valence-electron chi connectivity index (χ4n) is 5.28. The maximum Gasteiger partial charge on any atom is 0.258 e. The Balaban J connectivity index is 1.33. The largest absolute Gasteiger partial charge is 0.465 e. The molecule has 2 unspecified atom stereocenters. The number of benzene rings is 1. The molecule has 2 saturated heterocycles. The maximum absolute atomic E-state index is 13.4. The second-order valence-corrected chi connectivity index (χ2v) is 9.27. The number of nitrogens with one attached hydrogen (secondary N) is 1. The number of carbonyl (C=O) groups excluding carboxylic acids is 3. The molecule has 2 atom stereocenters. The molecule has 2 aromatic rings. The van der Waals surface area contributed by atoms with Crippen LogP contribution in [0.5, 0.6) is 0 Å². The van der Waals surface area contributed by atoms with Crippen LogP contribution in [0.25, 0.3) is 0 Å². The zero-order chi connectivity index (χ0) is 23.9. The van der Waals surface area contributed by atoms with Crippen LogP contribution < -0.4 is 10.2 Å². The molecule has 2 fully saturated rings. The third-order valence-corrected chi connectivity index (χ3v) is 7.12. The molecule has 0 radical (unpaired) electrons. The Morgan fingerprint density at radius 2 is 1.91 bits per heavy atom. The second kappa shape index (κ2) is 8.88. The number of anilines is 1. The first-order valence-corrected chi connectivity index (χ1v) is 11.8. The molecule has 1 aromatic carbocycles. The average molecular weight is 467 g/mol. The Hall–Kier alpha value is -3.17. The molecule has 5 rings (SSSR count). The number of fused-ring (bicyclic) bond motifs is 3. The van der Waals surface area contributed by atoms with Gasteiger partial charge < -0.3 is 19.4 Å². The molecular formula is C25H30N4O5. The summed E-state index contributed by atoms with van der Waals surface area (Å²) in [7, 11) is 0. The summed E-state index contributed by atoms with van der Waals surface area (Å²) in [5.41, 5.74) is 0.205. The van der Waals surface area contributed by atoms with Crippen molar-refractivity contribution >= 4 is 23.4 Å². The maximum atomic E-state index is 13.4. The molecule has 1 aromatic heterocycles. The standard InChI is InChI=1S/C25H30N4O5/c1-17-7-8-21(34-17)20(27-11-13-33-14-12-27)15-26-22(30)16-28-24(32)18-5-3-4-6-19(18)29-23(31)9-10-25(28,29)2/h3-8,20H,9-16H2,1-2H3,(H,26,30). The van der Waals surface area contributed by atoms with Gasteiger partial charge in [0, 0.05) is 26.1 Å². The van der Waals surface area contributed by atoms with E-state index >= 15 is 0 Å². The Kier molecular flexibility index (Phi) is 5.91. The van der Waals surface area contributed by atoms with Crippen molar-refractivity contribution < 1.29 is 23.5 Å². The number of para-hydroxylation sites is 1. The molecule has 0 spiro atoms. The van der Waals surface area contributed by atoms with E-state index in [1.165, 1.54) is 4.90 Å². The van der Waals surface area contributed by atoms with Gasteiger partial charge in [-0.05, 0) is 44.5 Å². The normalized spacial score (nSPS) is 23.6. The summed E-state index contributed by atoms with van der Waals surface area (Å²) in [5.74, 6) is 1.08. The van der Waals surface area contributed by atoms with Gasteiger partial charge >= 0.3 is 0 Å². The summed E-state index contributed by atoms with van der Waals surface area (Å²) in [4.78, 5) is 44.7. The Morgan fingerprint density at radius 1 is 1.15 bits per heavy atom. The average Bonchev–Trinajstić information content (AvgIpc) is 3.40. The highest BCUT2D eigenvalue weighted by Gasteiger charge is 2.53.